The molecule has 0 radical (unpaired) electrons. The van der Waals surface area contributed by atoms with E-state index in [0.29, 0.717) is 39.4 Å². The Morgan fingerprint density at radius 3 is 2.33 bits per heavy atom. The maximum atomic E-state index is 14.1. The average molecular weight is 595 g/mol. The lowest BCUT2D eigenvalue weighted by atomic mass is 10.1. The molecule has 42 heavy (non-hydrogen) atoms. The standard InChI is InChI=1S/C29H34N6O6S/c1-15-13-33(26(38)40-28(3,4)5)23-22-17-9-12-20(35-16(2)31-32-21(35)14-36)30-18(17)10-11-19(22)42-24(23)25(37)34(15)27(39)41-29(6,7)8/h9-12,15,36H,13-14H2,1-8H3/t15-/m1/s1. The normalized spacial score (nSPS) is 16.1. The molecule has 4 heterocycles. The number of carbonyl (C=O) groups excluding carboxylic acids is 3. The highest BCUT2D eigenvalue weighted by Crippen LogP contribution is 2.45. The number of carbonyl (C=O) groups is 3. The summed E-state index contributed by atoms with van der Waals surface area (Å²) >= 11 is 1.19. The van der Waals surface area contributed by atoms with Gasteiger partial charge in [0.1, 0.15) is 34.3 Å². The predicted octanol–water partition coefficient (Wildman–Crippen LogP) is 5.35. The van der Waals surface area contributed by atoms with E-state index in [1.807, 2.05) is 18.2 Å². The molecule has 1 aliphatic heterocycles. The van der Waals surface area contributed by atoms with Crippen LogP contribution in [0, 0.1) is 6.92 Å². The van der Waals surface area contributed by atoms with Crippen LogP contribution in [0.25, 0.3) is 26.8 Å². The number of amides is 3. The van der Waals surface area contributed by atoms with Crippen molar-refractivity contribution in [3.05, 3.63) is 40.8 Å². The van der Waals surface area contributed by atoms with Gasteiger partial charge in [-0.3, -0.25) is 14.3 Å². The molecule has 0 saturated carbocycles. The number of hydrogen-bond donors (Lipinski definition) is 1. The summed E-state index contributed by atoms with van der Waals surface area (Å²) in [5, 5.41) is 19.1. The molecule has 0 fully saturated rings. The number of rotatable bonds is 2. The van der Waals surface area contributed by atoms with E-state index < -0.39 is 35.3 Å². The van der Waals surface area contributed by atoms with Crippen molar-refractivity contribution in [2.75, 3.05) is 11.4 Å². The molecule has 4 aromatic rings. The van der Waals surface area contributed by atoms with Crippen LogP contribution in [0.1, 0.15) is 69.8 Å². The van der Waals surface area contributed by atoms with Crippen LogP contribution in [-0.4, -0.2) is 71.6 Å². The minimum absolute atomic E-state index is 0.000387. The number of imide groups is 1. The van der Waals surface area contributed by atoms with E-state index in [1.165, 1.54) is 16.2 Å². The molecule has 1 N–H and O–H groups in total. The van der Waals surface area contributed by atoms with Gasteiger partial charge in [0.2, 0.25) is 0 Å². The zero-order valence-electron chi connectivity index (χ0n) is 24.9. The van der Waals surface area contributed by atoms with E-state index in [-0.39, 0.29) is 18.0 Å². The van der Waals surface area contributed by atoms with Crippen molar-refractivity contribution < 1.29 is 29.0 Å². The highest BCUT2D eigenvalue weighted by atomic mass is 32.1. The van der Waals surface area contributed by atoms with Gasteiger partial charge in [-0.25, -0.2) is 19.5 Å². The molecular weight excluding hydrogens is 560 g/mol. The summed E-state index contributed by atoms with van der Waals surface area (Å²) in [6.07, 6.45) is -1.42. The lowest BCUT2D eigenvalue weighted by Gasteiger charge is -2.31. The fourth-order valence-electron chi connectivity index (χ4n) is 4.91. The number of hydrogen-bond acceptors (Lipinski definition) is 10. The number of nitrogens with zero attached hydrogens (tertiary/aromatic N) is 6. The number of aliphatic hydroxyl groups excluding tert-OH is 1. The van der Waals surface area contributed by atoms with Crippen LogP contribution in [0.4, 0.5) is 15.3 Å². The first-order chi connectivity index (χ1) is 19.6. The van der Waals surface area contributed by atoms with Crippen molar-refractivity contribution in [3.8, 4) is 5.82 Å². The molecule has 0 aliphatic carbocycles. The summed E-state index contributed by atoms with van der Waals surface area (Å²) in [7, 11) is 0. The molecule has 0 spiro atoms. The minimum Gasteiger partial charge on any atom is -0.443 e. The van der Waals surface area contributed by atoms with Crippen LogP contribution in [0.2, 0.25) is 0 Å². The largest absolute Gasteiger partial charge is 0.443 e. The molecule has 13 heteroatoms. The Morgan fingerprint density at radius 2 is 1.69 bits per heavy atom. The quantitative estimate of drug-likeness (QED) is 0.325. The Hall–Kier alpha value is -4.10. The number of aryl methyl sites for hydroxylation is 1. The minimum atomic E-state index is -0.824. The molecule has 1 atom stereocenters. The Morgan fingerprint density at radius 1 is 1.02 bits per heavy atom. The van der Waals surface area contributed by atoms with Crippen molar-refractivity contribution in [2.24, 2.45) is 0 Å². The van der Waals surface area contributed by atoms with Gasteiger partial charge >= 0.3 is 12.2 Å². The van der Waals surface area contributed by atoms with E-state index in [2.05, 4.69) is 10.2 Å². The zero-order chi connectivity index (χ0) is 30.7. The molecular formula is C29H34N6O6S. The topological polar surface area (TPSA) is 140 Å². The van der Waals surface area contributed by atoms with Crippen molar-refractivity contribution in [2.45, 2.75) is 79.2 Å². The first kappa shape index (κ1) is 29.4. The van der Waals surface area contributed by atoms with Crippen molar-refractivity contribution >= 4 is 56.1 Å². The highest BCUT2D eigenvalue weighted by molar-refractivity contribution is 7.21. The highest BCUT2D eigenvalue weighted by Gasteiger charge is 2.42. The molecule has 0 saturated heterocycles. The average Bonchev–Trinajstić information content (AvgIpc) is 3.42. The molecule has 1 aromatic carbocycles. The number of ether oxygens (including phenoxy) is 2. The molecule has 1 aliphatic rings. The summed E-state index contributed by atoms with van der Waals surface area (Å²) in [6.45, 7) is 13.7. The third-order valence-corrected chi connectivity index (χ3v) is 7.65. The molecule has 3 amide bonds. The lowest BCUT2D eigenvalue weighted by molar-refractivity contribution is 0.0182. The maximum absolute atomic E-state index is 14.1. The molecule has 5 rings (SSSR count). The van der Waals surface area contributed by atoms with Crippen LogP contribution in [0.5, 0.6) is 0 Å². The zero-order valence-corrected chi connectivity index (χ0v) is 25.7. The van der Waals surface area contributed by atoms with Gasteiger partial charge in [0.05, 0.1) is 23.8 Å². The second kappa shape index (κ2) is 10.3. The second-order valence-electron chi connectivity index (χ2n) is 12.2. The summed E-state index contributed by atoms with van der Waals surface area (Å²) in [6, 6.07) is 6.58. The van der Waals surface area contributed by atoms with Crippen molar-refractivity contribution in [1.82, 2.24) is 24.6 Å². The first-order valence-corrected chi connectivity index (χ1v) is 14.4. The van der Waals surface area contributed by atoms with Gasteiger partial charge < -0.3 is 14.6 Å². The van der Waals surface area contributed by atoms with E-state index in [9.17, 15) is 19.5 Å². The predicted molar refractivity (Wildman–Crippen MR) is 158 cm³/mol. The Balaban J connectivity index is 1.74. The van der Waals surface area contributed by atoms with Gasteiger partial charge in [-0.05, 0) is 79.7 Å². The van der Waals surface area contributed by atoms with Crippen LogP contribution in [-0.2, 0) is 16.1 Å². The van der Waals surface area contributed by atoms with Gasteiger partial charge in [0.25, 0.3) is 5.91 Å². The number of pyridine rings is 1. The summed E-state index contributed by atoms with van der Waals surface area (Å²) in [4.78, 5) is 48.6. The molecule has 3 aromatic heterocycles. The molecule has 0 bridgehead atoms. The first-order valence-electron chi connectivity index (χ1n) is 13.5. The summed E-state index contributed by atoms with van der Waals surface area (Å²) in [5.41, 5.74) is -0.664. The molecule has 0 unspecified atom stereocenters. The van der Waals surface area contributed by atoms with Crippen molar-refractivity contribution in [1.29, 1.82) is 0 Å². The number of aromatic nitrogens is 4. The van der Waals surface area contributed by atoms with Gasteiger partial charge in [-0.15, -0.1) is 21.5 Å². The fourth-order valence-corrected chi connectivity index (χ4v) is 6.07. The molecule has 12 nitrogen and oxygen atoms in total. The lowest BCUT2D eigenvalue weighted by Crippen LogP contribution is -2.49. The Kier molecular flexibility index (Phi) is 7.22. The second-order valence-corrected chi connectivity index (χ2v) is 13.3. The summed E-state index contributed by atoms with van der Waals surface area (Å²) in [5.74, 6) is 0.876. The smallest absolute Gasteiger partial charge is 0.417 e. The monoisotopic (exact) mass is 594 g/mol. The van der Waals surface area contributed by atoms with E-state index in [1.54, 1.807) is 66.0 Å². The van der Waals surface area contributed by atoms with Gasteiger partial charge in [-0.1, -0.05) is 0 Å². The SMILES string of the molecule is Cc1nnc(CO)n1-c1ccc2c(ccc3sc4c(c32)N(C(=O)OC(C)(C)C)C[C@@H](C)N(C(=O)OC(C)(C)C)C4=O)n1. The number of anilines is 1. The van der Waals surface area contributed by atoms with Gasteiger partial charge in [0, 0.05) is 15.5 Å². The number of aliphatic hydroxyl groups is 1. The van der Waals surface area contributed by atoms with Crippen molar-refractivity contribution in [3.63, 3.8) is 0 Å². The number of thiophene rings is 1. The Bertz CT molecular complexity index is 1730. The van der Waals surface area contributed by atoms with Crippen LogP contribution in [0.15, 0.2) is 24.3 Å². The third-order valence-electron chi connectivity index (χ3n) is 6.52. The molecule has 222 valence electrons. The van der Waals surface area contributed by atoms with Gasteiger partial charge in [0.15, 0.2) is 5.82 Å². The van der Waals surface area contributed by atoms with Crippen LogP contribution < -0.4 is 4.90 Å². The van der Waals surface area contributed by atoms with E-state index in [0.717, 1.165) is 9.60 Å². The number of benzene rings is 1. The number of fused-ring (bicyclic) bond motifs is 5. The van der Waals surface area contributed by atoms with Crippen LogP contribution >= 0.6 is 11.3 Å². The fraction of sp³-hybridized carbons (Fsp3) is 0.448. The Labute approximate surface area is 246 Å². The van der Waals surface area contributed by atoms with E-state index in [4.69, 9.17) is 14.5 Å². The van der Waals surface area contributed by atoms with Gasteiger partial charge in [-0.2, -0.15) is 0 Å². The van der Waals surface area contributed by atoms with E-state index >= 15 is 0 Å². The third kappa shape index (κ3) is 5.29. The maximum Gasteiger partial charge on any atom is 0.417 e. The summed E-state index contributed by atoms with van der Waals surface area (Å²) < 4.78 is 13.8. The van der Waals surface area contributed by atoms with Crippen LogP contribution in [0.3, 0.4) is 0 Å².